The fourth-order valence-corrected chi connectivity index (χ4v) is 1.08. The molecule has 3 nitrogen and oxygen atoms in total. The highest BCUT2D eigenvalue weighted by molar-refractivity contribution is 8.13. The number of rotatable bonds is 1. The van der Waals surface area contributed by atoms with Crippen LogP contribution >= 0.6 is 11.8 Å². The second-order valence-electron chi connectivity index (χ2n) is 2.41. The lowest BCUT2D eigenvalue weighted by Gasteiger charge is -2.04. The van der Waals surface area contributed by atoms with Gasteiger partial charge in [-0.2, -0.15) is 0 Å². The molecule has 0 heterocycles. The van der Waals surface area contributed by atoms with Crippen LogP contribution in [-0.2, 0) is 4.79 Å². The molecule has 0 fully saturated rings. The molecule has 0 aromatic carbocycles. The van der Waals surface area contributed by atoms with Crippen molar-refractivity contribution >= 4 is 22.8 Å². The summed E-state index contributed by atoms with van der Waals surface area (Å²) in [7, 11) is 0. The molecule has 64 valence electrons. The molecule has 0 aliphatic carbocycles. The Bertz CT molecular complexity index is 166. The molecule has 0 saturated heterocycles. The standard InChI is InChI=1S/C7H14N2OS/c1-5(2)8-7(11-4)9-6(3)10/h5H,1-4H3,(H,8,9,10). The predicted octanol–water partition coefficient (Wildman–Crippen LogP) is 1.25. The van der Waals surface area contributed by atoms with Gasteiger partial charge in [-0.05, 0) is 20.1 Å². The minimum Gasteiger partial charge on any atom is -0.306 e. The zero-order chi connectivity index (χ0) is 8.85. The van der Waals surface area contributed by atoms with Crippen molar-refractivity contribution in [3.8, 4) is 0 Å². The van der Waals surface area contributed by atoms with E-state index in [9.17, 15) is 4.79 Å². The van der Waals surface area contributed by atoms with E-state index in [-0.39, 0.29) is 11.9 Å². The Hall–Kier alpha value is -0.510. The number of nitrogens with zero attached hydrogens (tertiary/aromatic N) is 1. The van der Waals surface area contributed by atoms with Gasteiger partial charge < -0.3 is 5.32 Å². The van der Waals surface area contributed by atoms with Crippen LogP contribution in [0.15, 0.2) is 4.99 Å². The van der Waals surface area contributed by atoms with Crippen LogP contribution < -0.4 is 5.32 Å². The van der Waals surface area contributed by atoms with Gasteiger partial charge in [-0.25, -0.2) is 0 Å². The average Bonchev–Trinajstić information content (AvgIpc) is 1.84. The van der Waals surface area contributed by atoms with E-state index < -0.39 is 0 Å². The quantitative estimate of drug-likeness (QED) is 0.480. The summed E-state index contributed by atoms with van der Waals surface area (Å²) in [5.74, 6) is -0.0706. The Labute approximate surface area is 71.7 Å². The van der Waals surface area contributed by atoms with E-state index in [2.05, 4.69) is 10.3 Å². The number of carbonyl (C=O) groups excluding carboxylic acids is 1. The molecule has 0 spiro atoms. The van der Waals surface area contributed by atoms with Crippen molar-refractivity contribution in [3.05, 3.63) is 0 Å². The van der Waals surface area contributed by atoms with Crippen molar-refractivity contribution in [1.29, 1.82) is 0 Å². The lowest BCUT2D eigenvalue weighted by atomic mass is 10.4. The molecule has 0 aliphatic heterocycles. The number of amidine groups is 1. The summed E-state index contributed by atoms with van der Waals surface area (Å²) in [5, 5.41) is 3.32. The fraction of sp³-hybridized carbons (Fsp3) is 0.714. The molecule has 0 rings (SSSR count). The zero-order valence-electron chi connectivity index (χ0n) is 7.34. The Morgan fingerprint density at radius 3 is 2.36 bits per heavy atom. The van der Waals surface area contributed by atoms with Crippen molar-refractivity contribution in [1.82, 2.24) is 5.32 Å². The van der Waals surface area contributed by atoms with Crippen LogP contribution in [0.3, 0.4) is 0 Å². The zero-order valence-corrected chi connectivity index (χ0v) is 8.16. The number of hydrogen-bond donors (Lipinski definition) is 1. The fourth-order valence-electron chi connectivity index (χ4n) is 0.521. The third-order valence-electron chi connectivity index (χ3n) is 0.852. The average molecular weight is 174 g/mol. The van der Waals surface area contributed by atoms with E-state index in [4.69, 9.17) is 0 Å². The Morgan fingerprint density at radius 1 is 1.55 bits per heavy atom. The van der Waals surface area contributed by atoms with E-state index in [1.807, 2.05) is 20.1 Å². The van der Waals surface area contributed by atoms with Gasteiger partial charge in [0.25, 0.3) is 0 Å². The van der Waals surface area contributed by atoms with Crippen LogP contribution in [0.2, 0.25) is 0 Å². The molecule has 0 aromatic heterocycles. The summed E-state index contributed by atoms with van der Waals surface area (Å²) in [6, 6.07) is 0.226. The second kappa shape index (κ2) is 5.18. The predicted molar refractivity (Wildman–Crippen MR) is 49.9 cm³/mol. The Kier molecular flexibility index (Phi) is 4.94. The SMILES string of the molecule is CS/C(=N/C(C)C)NC(C)=O. The summed E-state index contributed by atoms with van der Waals surface area (Å²) >= 11 is 1.44. The summed E-state index contributed by atoms with van der Waals surface area (Å²) < 4.78 is 0. The minimum absolute atomic E-state index is 0.0706. The molecule has 0 bridgehead atoms. The highest BCUT2D eigenvalue weighted by Gasteiger charge is 1.99. The molecular weight excluding hydrogens is 160 g/mol. The molecule has 0 radical (unpaired) electrons. The highest BCUT2D eigenvalue weighted by Crippen LogP contribution is 1.97. The number of hydrogen-bond acceptors (Lipinski definition) is 3. The maximum atomic E-state index is 10.6. The topological polar surface area (TPSA) is 41.5 Å². The van der Waals surface area contributed by atoms with Gasteiger partial charge in [0.1, 0.15) is 0 Å². The number of nitrogens with one attached hydrogen (secondary N) is 1. The Balaban J connectivity index is 4.05. The summed E-state index contributed by atoms with van der Waals surface area (Å²) in [6.45, 7) is 5.42. The van der Waals surface area contributed by atoms with Crippen LogP contribution in [0, 0.1) is 0 Å². The summed E-state index contributed by atoms with van der Waals surface area (Å²) in [6.07, 6.45) is 1.89. The van der Waals surface area contributed by atoms with Crippen LogP contribution in [0.1, 0.15) is 20.8 Å². The van der Waals surface area contributed by atoms with Gasteiger partial charge in [0, 0.05) is 13.0 Å². The van der Waals surface area contributed by atoms with Crippen LogP contribution in [-0.4, -0.2) is 23.4 Å². The van der Waals surface area contributed by atoms with Gasteiger partial charge in [-0.1, -0.05) is 11.8 Å². The molecule has 0 unspecified atom stereocenters. The first kappa shape index (κ1) is 10.5. The van der Waals surface area contributed by atoms with E-state index in [1.165, 1.54) is 18.7 Å². The van der Waals surface area contributed by atoms with E-state index in [0.29, 0.717) is 5.17 Å². The lowest BCUT2D eigenvalue weighted by Crippen LogP contribution is -2.26. The van der Waals surface area contributed by atoms with E-state index >= 15 is 0 Å². The van der Waals surface area contributed by atoms with Gasteiger partial charge in [0.15, 0.2) is 5.17 Å². The molecule has 1 amide bonds. The number of carbonyl (C=O) groups is 1. The largest absolute Gasteiger partial charge is 0.306 e. The lowest BCUT2D eigenvalue weighted by molar-refractivity contribution is -0.117. The Morgan fingerprint density at radius 2 is 2.09 bits per heavy atom. The van der Waals surface area contributed by atoms with Gasteiger partial charge in [0.05, 0.1) is 0 Å². The van der Waals surface area contributed by atoms with Crippen LogP contribution in [0.4, 0.5) is 0 Å². The first-order valence-corrected chi connectivity index (χ1v) is 4.68. The van der Waals surface area contributed by atoms with E-state index in [0.717, 1.165) is 0 Å². The monoisotopic (exact) mass is 174 g/mol. The number of aliphatic imine (C=N–C) groups is 1. The van der Waals surface area contributed by atoms with Gasteiger partial charge in [0.2, 0.25) is 5.91 Å². The molecule has 0 saturated carbocycles. The van der Waals surface area contributed by atoms with E-state index in [1.54, 1.807) is 0 Å². The van der Waals surface area contributed by atoms with Crippen LogP contribution in [0.5, 0.6) is 0 Å². The third kappa shape index (κ3) is 5.91. The third-order valence-corrected chi connectivity index (χ3v) is 1.45. The summed E-state index contributed by atoms with van der Waals surface area (Å²) in [5.41, 5.74) is 0. The normalized spacial score (nSPS) is 11.9. The molecule has 0 atom stereocenters. The van der Waals surface area contributed by atoms with Crippen molar-refractivity contribution < 1.29 is 4.79 Å². The second-order valence-corrected chi connectivity index (χ2v) is 3.21. The molecule has 0 aromatic rings. The smallest absolute Gasteiger partial charge is 0.222 e. The molecular formula is C7H14N2OS. The van der Waals surface area contributed by atoms with Crippen molar-refractivity contribution in [2.45, 2.75) is 26.8 Å². The summed E-state index contributed by atoms with van der Waals surface area (Å²) in [4.78, 5) is 14.8. The molecule has 0 aliphatic rings. The van der Waals surface area contributed by atoms with Crippen molar-refractivity contribution in [2.24, 2.45) is 4.99 Å². The van der Waals surface area contributed by atoms with Crippen LogP contribution in [0.25, 0.3) is 0 Å². The molecule has 11 heavy (non-hydrogen) atoms. The first-order valence-electron chi connectivity index (χ1n) is 3.45. The van der Waals surface area contributed by atoms with Gasteiger partial charge >= 0.3 is 0 Å². The maximum Gasteiger partial charge on any atom is 0.222 e. The number of thioether (sulfide) groups is 1. The van der Waals surface area contributed by atoms with Crippen molar-refractivity contribution in [2.75, 3.05) is 6.26 Å². The first-order chi connectivity index (χ1) is 5.06. The number of amides is 1. The van der Waals surface area contributed by atoms with Crippen molar-refractivity contribution in [3.63, 3.8) is 0 Å². The minimum atomic E-state index is -0.0706. The maximum absolute atomic E-state index is 10.6. The molecule has 1 N–H and O–H groups in total. The highest BCUT2D eigenvalue weighted by atomic mass is 32.2. The van der Waals surface area contributed by atoms with Gasteiger partial charge in [-0.3, -0.25) is 9.79 Å². The molecule has 4 heteroatoms. The van der Waals surface area contributed by atoms with Gasteiger partial charge in [-0.15, -0.1) is 0 Å².